The van der Waals surface area contributed by atoms with Crippen molar-refractivity contribution in [2.45, 2.75) is 0 Å². The van der Waals surface area contributed by atoms with Crippen LogP contribution in [0.1, 0.15) is 10.6 Å². The third kappa shape index (κ3) is 1.74. The molecule has 70 valence electrons. The molecule has 0 aliphatic heterocycles. The van der Waals surface area contributed by atoms with Gasteiger partial charge < -0.3 is 4.52 Å². The predicted molar refractivity (Wildman–Crippen MR) is 46.5 cm³/mol. The molecule has 0 radical (unpaired) electrons. The van der Waals surface area contributed by atoms with Crippen molar-refractivity contribution in [2.75, 3.05) is 5.32 Å². The molecule has 0 atom stereocenters. The molecule has 2 rings (SSSR count). The Labute approximate surface area is 79.0 Å². The summed E-state index contributed by atoms with van der Waals surface area (Å²) in [4.78, 5) is 19.0. The van der Waals surface area contributed by atoms with Crippen molar-refractivity contribution in [3.05, 3.63) is 36.5 Å². The normalized spacial score (nSPS) is 9.71. The van der Waals surface area contributed by atoms with E-state index in [4.69, 9.17) is 0 Å². The van der Waals surface area contributed by atoms with Gasteiger partial charge in [-0.3, -0.25) is 10.1 Å². The van der Waals surface area contributed by atoms with Gasteiger partial charge in [-0.05, 0) is 6.07 Å². The minimum atomic E-state index is -0.422. The lowest BCUT2D eigenvalue weighted by molar-refractivity contribution is 0.0987. The lowest BCUT2D eigenvalue weighted by Gasteiger charge is -1.98. The Morgan fingerprint density at radius 1 is 1.29 bits per heavy atom. The van der Waals surface area contributed by atoms with Crippen molar-refractivity contribution in [1.82, 2.24) is 15.1 Å². The maximum atomic E-state index is 11.4. The molecule has 0 saturated heterocycles. The Morgan fingerprint density at radius 2 is 2.07 bits per heavy atom. The number of hydrogen-bond acceptors (Lipinski definition) is 5. The Kier molecular flexibility index (Phi) is 2.18. The van der Waals surface area contributed by atoms with Gasteiger partial charge in [-0.2, -0.15) is 0 Å². The SMILES string of the molecule is O=C(Nc1ncccn1)c1ccno1. The van der Waals surface area contributed by atoms with E-state index in [1.54, 1.807) is 6.07 Å². The van der Waals surface area contributed by atoms with Crippen molar-refractivity contribution in [1.29, 1.82) is 0 Å². The zero-order chi connectivity index (χ0) is 9.80. The Balaban J connectivity index is 2.10. The summed E-state index contributed by atoms with van der Waals surface area (Å²) >= 11 is 0. The molecular formula is C8H6N4O2. The average Bonchev–Trinajstić information content (AvgIpc) is 2.72. The maximum Gasteiger partial charge on any atom is 0.296 e. The van der Waals surface area contributed by atoms with Crippen LogP contribution in [-0.4, -0.2) is 21.0 Å². The molecule has 0 fully saturated rings. The highest BCUT2D eigenvalue weighted by Crippen LogP contribution is 2.01. The van der Waals surface area contributed by atoms with Gasteiger partial charge in [0.2, 0.25) is 11.7 Å². The first-order valence-electron chi connectivity index (χ1n) is 3.85. The predicted octanol–water partition coefficient (Wildman–Crippen LogP) is 0.717. The Bertz CT molecular complexity index is 412. The van der Waals surface area contributed by atoms with Gasteiger partial charge in [0, 0.05) is 18.5 Å². The van der Waals surface area contributed by atoms with E-state index in [2.05, 4.69) is 25.0 Å². The van der Waals surface area contributed by atoms with Crippen LogP contribution >= 0.6 is 0 Å². The zero-order valence-electron chi connectivity index (χ0n) is 7.04. The van der Waals surface area contributed by atoms with Crippen molar-refractivity contribution in [3.8, 4) is 0 Å². The second-order valence-corrected chi connectivity index (χ2v) is 2.40. The van der Waals surface area contributed by atoms with Gasteiger partial charge in [-0.15, -0.1) is 0 Å². The van der Waals surface area contributed by atoms with Crippen LogP contribution in [0, 0.1) is 0 Å². The first kappa shape index (κ1) is 8.36. The summed E-state index contributed by atoms with van der Waals surface area (Å²) in [6.45, 7) is 0. The van der Waals surface area contributed by atoms with E-state index in [1.807, 2.05) is 0 Å². The molecule has 0 spiro atoms. The van der Waals surface area contributed by atoms with Crippen LogP contribution in [-0.2, 0) is 0 Å². The first-order chi connectivity index (χ1) is 6.86. The Hall–Kier alpha value is -2.24. The van der Waals surface area contributed by atoms with Crippen molar-refractivity contribution in [3.63, 3.8) is 0 Å². The number of carbonyl (C=O) groups excluding carboxylic acids is 1. The van der Waals surface area contributed by atoms with Gasteiger partial charge in [0.15, 0.2) is 0 Å². The number of nitrogens with one attached hydrogen (secondary N) is 1. The minimum absolute atomic E-state index is 0.123. The average molecular weight is 190 g/mol. The van der Waals surface area contributed by atoms with Crippen LogP contribution in [0.3, 0.4) is 0 Å². The molecular weight excluding hydrogens is 184 g/mol. The fourth-order valence-corrected chi connectivity index (χ4v) is 0.860. The minimum Gasteiger partial charge on any atom is -0.351 e. The first-order valence-corrected chi connectivity index (χ1v) is 3.85. The van der Waals surface area contributed by atoms with Gasteiger partial charge >= 0.3 is 0 Å². The molecule has 2 heterocycles. The van der Waals surface area contributed by atoms with Crippen LogP contribution in [0.15, 0.2) is 35.2 Å². The van der Waals surface area contributed by atoms with Gasteiger partial charge in [0.1, 0.15) is 0 Å². The van der Waals surface area contributed by atoms with E-state index < -0.39 is 5.91 Å². The number of nitrogens with zero attached hydrogens (tertiary/aromatic N) is 3. The summed E-state index contributed by atoms with van der Waals surface area (Å²) in [6.07, 6.45) is 4.45. The molecule has 2 aromatic heterocycles. The van der Waals surface area contributed by atoms with E-state index in [9.17, 15) is 4.79 Å². The standard InChI is InChI=1S/C8H6N4O2/c13-7(6-2-5-11-14-6)12-8-9-3-1-4-10-8/h1-5H,(H,9,10,12,13). The van der Waals surface area contributed by atoms with Gasteiger partial charge in [0.25, 0.3) is 5.91 Å². The van der Waals surface area contributed by atoms with Crippen LogP contribution in [0.25, 0.3) is 0 Å². The zero-order valence-corrected chi connectivity index (χ0v) is 7.04. The number of anilines is 1. The summed E-state index contributed by atoms with van der Waals surface area (Å²) in [5, 5.41) is 5.86. The highest BCUT2D eigenvalue weighted by molar-refractivity contribution is 6.00. The second-order valence-electron chi connectivity index (χ2n) is 2.40. The summed E-state index contributed by atoms with van der Waals surface area (Å²) in [7, 11) is 0. The summed E-state index contributed by atoms with van der Waals surface area (Å²) in [5.41, 5.74) is 0. The molecule has 0 aromatic carbocycles. The van der Waals surface area contributed by atoms with E-state index in [0.717, 1.165) is 0 Å². The largest absolute Gasteiger partial charge is 0.351 e. The highest BCUT2D eigenvalue weighted by Gasteiger charge is 2.10. The molecule has 0 bridgehead atoms. The van der Waals surface area contributed by atoms with Crippen LogP contribution in [0.5, 0.6) is 0 Å². The van der Waals surface area contributed by atoms with Crippen molar-refractivity contribution in [2.24, 2.45) is 0 Å². The topological polar surface area (TPSA) is 80.9 Å². The quantitative estimate of drug-likeness (QED) is 0.754. The second kappa shape index (κ2) is 3.65. The highest BCUT2D eigenvalue weighted by atomic mass is 16.5. The van der Waals surface area contributed by atoms with Crippen molar-refractivity contribution < 1.29 is 9.32 Å². The van der Waals surface area contributed by atoms with E-state index in [1.165, 1.54) is 24.7 Å². The summed E-state index contributed by atoms with van der Waals surface area (Å²) < 4.78 is 4.65. The molecule has 6 heteroatoms. The molecule has 0 aliphatic carbocycles. The Morgan fingerprint density at radius 3 is 2.71 bits per heavy atom. The van der Waals surface area contributed by atoms with Gasteiger partial charge in [-0.1, -0.05) is 5.16 Å². The molecule has 14 heavy (non-hydrogen) atoms. The maximum absolute atomic E-state index is 11.4. The van der Waals surface area contributed by atoms with Crippen LogP contribution in [0.4, 0.5) is 5.95 Å². The van der Waals surface area contributed by atoms with Crippen LogP contribution < -0.4 is 5.32 Å². The molecule has 0 saturated carbocycles. The van der Waals surface area contributed by atoms with E-state index in [-0.39, 0.29) is 11.7 Å². The summed E-state index contributed by atoms with van der Waals surface area (Å²) in [6, 6.07) is 3.11. The number of rotatable bonds is 2. The smallest absolute Gasteiger partial charge is 0.296 e. The molecule has 0 unspecified atom stereocenters. The number of hydrogen-bond donors (Lipinski definition) is 1. The third-order valence-electron chi connectivity index (χ3n) is 1.45. The molecule has 1 N–H and O–H groups in total. The van der Waals surface area contributed by atoms with Crippen LogP contribution in [0.2, 0.25) is 0 Å². The van der Waals surface area contributed by atoms with E-state index in [0.29, 0.717) is 0 Å². The molecule has 6 nitrogen and oxygen atoms in total. The summed E-state index contributed by atoms with van der Waals surface area (Å²) in [5.74, 6) is -0.0694. The van der Waals surface area contributed by atoms with Gasteiger partial charge in [-0.25, -0.2) is 9.97 Å². The number of amides is 1. The molecule has 1 amide bonds. The molecule has 2 aromatic rings. The lowest BCUT2D eigenvalue weighted by Crippen LogP contribution is -2.12. The monoisotopic (exact) mass is 190 g/mol. The lowest BCUT2D eigenvalue weighted by atomic mass is 10.4. The number of carbonyl (C=O) groups is 1. The number of aromatic nitrogens is 3. The fraction of sp³-hybridized carbons (Fsp3) is 0. The van der Waals surface area contributed by atoms with Crippen molar-refractivity contribution >= 4 is 11.9 Å². The fourth-order valence-electron chi connectivity index (χ4n) is 0.860. The third-order valence-corrected chi connectivity index (χ3v) is 1.45. The van der Waals surface area contributed by atoms with Gasteiger partial charge in [0.05, 0.1) is 6.20 Å². The van der Waals surface area contributed by atoms with E-state index >= 15 is 0 Å². The molecule has 0 aliphatic rings.